The number of nitrogens with zero attached hydrogens (tertiary/aromatic N) is 2. The number of rotatable bonds is 5. The summed E-state index contributed by atoms with van der Waals surface area (Å²) in [6.45, 7) is 5.14. The van der Waals surface area contributed by atoms with E-state index in [0.29, 0.717) is 6.04 Å². The third kappa shape index (κ3) is 3.28. The van der Waals surface area contributed by atoms with Crippen molar-refractivity contribution < 1.29 is 0 Å². The van der Waals surface area contributed by atoms with Gasteiger partial charge in [-0.2, -0.15) is 0 Å². The van der Waals surface area contributed by atoms with Gasteiger partial charge in [0.05, 0.1) is 16.2 Å². The Hall–Kier alpha value is -1.78. The molecule has 0 amide bonds. The lowest BCUT2D eigenvalue weighted by Gasteiger charge is -2.18. The number of fused-ring (bicyclic) bond motifs is 1. The fraction of sp³-hybridized carbons (Fsp3) is 0.294. The van der Waals surface area contributed by atoms with Crippen molar-refractivity contribution in [3.63, 3.8) is 0 Å². The molecule has 2 aromatic heterocycles. The number of pyridine rings is 1. The van der Waals surface area contributed by atoms with E-state index in [-0.39, 0.29) is 0 Å². The van der Waals surface area contributed by atoms with Crippen molar-refractivity contribution in [2.45, 2.75) is 26.3 Å². The minimum atomic E-state index is 0.293. The fourth-order valence-corrected chi connectivity index (χ4v) is 3.20. The predicted octanol–water partition coefficient (Wildman–Crippen LogP) is 3.89. The zero-order valence-electron chi connectivity index (χ0n) is 12.3. The molecular formula is C17H19N3S. The van der Waals surface area contributed by atoms with Crippen LogP contribution in [0.3, 0.4) is 0 Å². The first-order chi connectivity index (χ1) is 10.3. The van der Waals surface area contributed by atoms with Gasteiger partial charge in [-0.05, 0) is 37.2 Å². The maximum absolute atomic E-state index is 4.59. The lowest BCUT2D eigenvalue weighted by molar-refractivity contribution is 0.545. The van der Waals surface area contributed by atoms with E-state index in [2.05, 4.69) is 58.8 Å². The van der Waals surface area contributed by atoms with Crippen LogP contribution in [-0.4, -0.2) is 16.5 Å². The average Bonchev–Trinajstić information content (AvgIpc) is 2.91. The second-order valence-electron chi connectivity index (χ2n) is 5.13. The van der Waals surface area contributed by atoms with Crippen LogP contribution in [0, 0.1) is 6.92 Å². The minimum absolute atomic E-state index is 0.293. The molecule has 4 heteroatoms. The van der Waals surface area contributed by atoms with Crippen LogP contribution >= 0.6 is 11.3 Å². The predicted molar refractivity (Wildman–Crippen MR) is 88.7 cm³/mol. The topological polar surface area (TPSA) is 37.8 Å². The highest BCUT2D eigenvalue weighted by molar-refractivity contribution is 7.09. The van der Waals surface area contributed by atoms with E-state index >= 15 is 0 Å². The molecule has 2 heterocycles. The van der Waals surface area contributed by atoms with Crippen LogP contribution in [0.2, 0.25) is 0 Å². The Morgan fingerprint density at radius 3 is 2.95 bits per heavy atom. The van der Waals surface area contributed by atoms with E-state index in [1.165, 1.54) is 10.9 Å². The van der Waals surface area contributed by atoms with Crippen molar-refractivity contribution in [1.29, 1.82) is 0 Å². The third-order valence-electron chi connectivity index (χ3n) is 3.56. The molecule has 3 rings (SSSR count). The Labute approximate surface area is 129 Å². The molecule has 3 aromatic rings. The zero-order chi connectivity index (χ0) is 14.7. The van der Waals surface area contributed by atoms with Crippen LogP contribution in [0.15, 0.2) is 41.9 Å². The molecular weight excluding hydrogens is 278 g/mol. The minimum Gasteiger partial charge on any atom is -0.310 e. The van der Waals surface area contributed by atoms with E-state index in [1.54, 1.807) is 11.3 Å². The van der Waals surface area contributed by atoms with Gasteiger partial charge in [0.2, 0.25) is 0 Å². The molecule has 0 bridgehead atoms. The molecule has 108 valence electrons. The van der Waals surface area contributed by atoms with E-state index in [9.17, 15) is 0 Å². The summed E-state index contributed by atoms with van der Waals surface area (Å²) in [7, 11) is 0. The fourth-order valence-electron chi connectivity index (χ4n) is 2.58. The molecule has 0 radical (unpaired) electrons. The van der Waals surface area contributed by atoms with Crippen molar-refractivity contribution in [3.8, 4) is 0 Å². The Morgan fingerprint density at radius 2 is 2.19 bits per heavy atom. The first-order valence-corrected chi connectivity index (χ1v) is 8.13. The van der Waals surface area contributed by atoms with Gasteiger partial charge in [-0.3, -0.25) is 4.98 Å². The number of aromatic nitrogens is 2. The molecule has 0 saturated carbocycles. The highest BCUT2D eigenvalue weighted by Crippen LogP contribution is 2.23. The number of nitrogens with one attached hydrogen (secondary N) is 1. The van der Waals surface area contributed by atoms with Crippen LogP contribution in [-0.2, 0) is 6.42 Å². The molecule has 0 aliphatic carbocycles. The maximum atomic E-state index is 4.59. The average molecular weight is 297 g/mol. The molecule has 0 fully saturated rings. The molecule has 3 nitrogen and oxygen atoms in total. The van der Waals surface area contributed by atoms with Gasteiger partial charge in [0.25, 0.3) is 0 Å². The first-order valence-electron chi connectivity index (χ1n) is 7.25. The van der Waals surface area contributed by atoms with Crippen molar-refractivity contribution >= 4 is 22.2 Å². The Morgan fingerprint density at radius 1 is 1.29 bits per heavy atom. The smallest absolute Gasteiger partial charge is 0.0897 e. The van der Waals surface area contributed by atoms with Gasteiger partial charge in [-0.15, -0.1) is 11.3 Å². The number of hydrogen-bond donors (Lipinski definition) is 1. The van der Waals surface area contributed by atoms with Gasteiger partial charge in [0, 0.05) is 29.4 Å². The summed E-state index contributed by atoms with van der Waals surface area (Å²) in [5.74, 6) is 0. The molecule has 21 heavy (non-hydrogen) atoms. The standard InChI is InChI=1S/C17H19N3S/c1-3-18-17(10-15-11-21-12(2)20-15)14-6-7-16-13(9-14)5-4-8-19-16/h4-9,11,17-18H,3,10H2,1-2H3. The summed E-state index contributed by atoms with van der Waals surface area (Å²) in [6, 6.07) is 10.9. The maximum Gasteiger partial charge on any atom is 0.0897 e. The molecule has 1 N–H and O–H groups in total. The highest BCUT2D eigenvalue weighted by atomic mass is 32.1. The van der Waals surface area contributed by atoms with Gasteiger partial charge in [-0.1, -0.05) is 19.1 Å². The second-order valence-corrected chi connectivity index (χ2v) is 6.19. The molecule has 0 saturated heterocycles. The van der Waals surface area contributed by atoms with Crippen molar-refractivity contribution in [3.05, 3.63) is 58.2 Å². The van der Waals surface area contributed by atoms with E-state index in [1.807, 2.05) is 12.3 Å². The molecule has 1 unspecified atom stereocenters. The number of thiazole rings is 1. The Balaban J connectivity index is 1.90. The molecule has 1 atom stereocenters. The number of benzene rings is 1. The van der Waals surface area contributed by atoms with Crippen LogP contribution in [0.5, 0.6) is 0 Å². The SMILES string of the molecule is CCNC(Cc1csc(C)n1)c1ccc2ncccc2c1. The van der Waals surface area contributed by atoms with Crippen LogP contribution in [0.4, 0.5) is 0 Å². The Kier molecular flexibility index (Phi) is 4.27. The second kappa shape index (κ2) is 6.33. The summed E-state index contributed by atoms with van der Waals surface area (Å²) < 4.78 is 0. The van der Waals surface area contributed by atoms with Gasteiger partial charge < -0.3 is 5.32 Å². The zero-order valence-corrected chi connectivity index (χ0v) is 13.2. The van der Waals surface area contributed by atoms with Crippen LogP contribution < -0.4 is 5.32 Å². The molecule has 0 aliphatic heterocycles. The summed E-state index contributed by atoms with van der Waals surface area (Å²) >= 11 is 1.71. The van der Waals surface area contributed by atoms with E-state index in [0.717, 1.165) is 29.2 Å². The molecule has 0 spiro atoms. The quantitative estimate of drug-likeness (QED) is 0.776. The normalized spacial score (nSPS) is 12.7. The van der Waals surface area contributed by atoms with Gasteiger partial charge in [-0.25, -0.2) is 4.98 Å². The summed E-state index contributed by atoms with van der Waals surface area (Å²) in [5, 5.41) is 8.04. The number of likely N-dealkylation sites (N-methyl/N-ethyl adjacent to an activating group) is 1. The van der Waals surface area contributed by atoms with Gasteiger partial charge in [0.1, 0.15) is 0 Å². The third-order valence-corrected chi connectivity index (χ3v) is 4.38. The van der Waals surface area contributed by atoms with Crippen molar-refractivity contribution in [2.24, 2.45) is 0 Å². The van der Waals surface area contributed by atoms with Gasteiger partial charge >= 0.3 is 0 Å². The first kappa shape index (κ1) is 14.2. The van der Waals surface area contributed by atoms with Crippen LogP contribution in [0.1, 0.15) is 29.2 Å². The lowest BCUT2D eigenvalue weighted by atomic mass is 10.0. The van der Waals surface area contributed by atoms with Crippen LogP contribution in [0.25, 0.3) is 10.9 Å². The largest absolute Gasteiger partial charge is 0.310 e. The number of aryl methyl sites for hydroxylation is 1. The van der Waals surface area contributed by atoms with E-state index in [4.69, 9.17) is 0 Å². The number of hydrogen-bond acceptors (Lipinski definition) is 4. The highest BCUT2D eigenvalue weighted by Gasteiger charge is 2.13. The monoisotopic (exact) mass is 297 g/mol. The summed E-state index contributed by atoms with van der Waals surface area (Å²) in [6.07, 6.45) is 2.76. The summed E-state index contributed by atoms with van der Waals surface area (Å²) in [4.78, 5) is 8.97. The van der Waals surface area contributed by atoms with Gasteiger partial charge in [0.15, 0.2) is 0 Å². The molecule has 1 aromatic carbocycles. The Bertz CT molecular complexity index is 735. The van der Waals surface area contributed by atoms with Crippen molar-refractivity contribution in [1.82, 2.24) is 15.3 Å². The summed E-state index contributed by atoms with van der Waals surface area (Å²) in [5.41, 5.74) is 3.50. The van der Waals surface area contributed by atoms with Crippen molar-refractivity contribution in [2.75, 3.05) is 6.54 Å². The molecule has 0 aliphatic rings. The van der Waals surface area contributed by atoms with E-state index < -0.39 is 0 Å². The lowest BCUT2D eigenvalue weighted by Crippen LogP contribution is -2.23.